The van der Waals surface area contributed by atoms with Crippen molar-refractivity contribution >= 4 is 17.6 Å². The molecule has 2 aromatic carbocycles. The van der Waals surface area contributed by atoms with Crippen LogP contribution in [-0.4, -0.2) is 41.5 Å². The summed E-state index contributed by atoms with van der Waals surface area (Å²) >= 11 is 0. The number of nitrogens with one attached hydrogen (secondary N) is 1. The first-order chi connectivity index (χ1) is 15.6. The molecular formula is C26H29N3O3. The molecule has 1 amide bonds. The van der Waals surface area contributed by atoms with E-state index in [0.29, 0.717) is 5.69 Å². The van der Waals surface area contributed by atoms with E-state index in [9.17, 15) is 9.59 Å². The summed E-state index contributed by atoms with van der Waals surface area (Å²) in [7, 11) is 1.40. The second kappa shape index (κ2) is 9.83. The molecule has 32 heavy (non-hydrogen) atoms. The number of piperidine rings is 1. The highest BCUT2D eigenvalue weighted by Gasteiger charge is 2.32. The molecule has 1 unspecified atom stereocenters. The molecule has 0 spiro atoms. The lowest BCUT2D eigenvalue weighted by molar-refractivity contribution is -0.122. The van der Waals surface area contributed by atoms with Gasteiger partial charge in [0.2, 0.25) is 5.91 Å². The summed E-state index contributed by atoms with van der Waals surface area (Å²) < 4.78 is 6.92. The van der Waals surface area contributed by atoms with Crippen LogP contribution in [0.4, 0.5) is 5.69 Å². The van der Waals surface area contributed by atoms with E-state index in [-0.39, 0.29) is 24.0 Å². The fourth-order valence-corrected chi connectivity index (χ4v) is 4.42. The number of ether oxygens (including phenoxy) is 1. The van der Waals surface area contributed by atoms with E-state index in [2.05, 4.69) is 10.2 Å². The molecule has 1 aromatic heterocycles. The van der Waals surface area contributed by atoms with Crippen molar-refractivity contribution in [1.82, 2.24) is 9.47 Å². The third-order valence-electron chi connectivity index (χ3n) is 6.11. The number of hydrogen-bond donors (Lipinski definition) is 1. The second-order valence-electron chi connectivity index (χ2n) is 8.23. The first-order valence-electron chi connectivity index (χ1n) is 11.0. The average Bonchev–Trinajstić information content (AvgIpc) is 3.31. The first-order valence-corrected chi connectivity index (χ1v) is 11.0. The maximum atomic E-state index is 13.4. The van der Waals surface area contributed by atoms with Crippen LogP contribution in [0.2, 0.25) is 0 Å². The van der Waals surface area contributed by atoms with Gasteiger partial charge in [0.05, 0.1) is 7.11 Å². The second-order valence-corrected chi connectivity index (χ2v) is 8.23. The van der Waals surface area contributed by atoms with E-state index in [1.807, 2.05) is 78.4 Å². The number of aryl methyl sites for hydroxylation is 1. The molecule has 3 aromatic rings. The Hall–Kier alpha value is -3.38. The summed E-state index contributed by atoms with van der Waals surface area (Å²) in [5.41, 5.74) is 3.50. The summed E-state index contributed by atoms with van der Waals surface area (Å²) in [4.78, 5) is 27.7. The van der Waals surface area contributed by atoms with Crippen molar-refractivity contribution in [3.8, 4) is 0 Å². The van der Waals surface area contributed by atoms with Crippen molar-refractivity contribution in [1.29, 1.82) is 0 Å². The molecule has 0 radical (unpaired) electrons. The molecule has 4 rings (SSSR count). The van der Waals surface area contributed by atoms with E-state index in [4.69, 9.17) is 4.74 Å². The van der Waals surface area contributed by atoms with Gasteiger partial charge in [0.25, 0.3) is 0 Å². The minimum absolute atomic E-state index is 0.0327. The zero-order valence-electron chi connectivity index (χ0n) is 18.5. The number of amides is 1. The Kier molecular flexibility index (Phi) is 6.71. The molecule has 2 heterocycles. The van der Waals surface area contributed by atoms with Crippen LogP contribution in [0.1, 0.15) is 46.5 Å². The van der Waals surface area contributed by atoms with Crippen molar-refractivity contribution in [3.63, 3.8) is 0 Å². The van der Waals surface area contributed by atoms with Gasteiger partial charge in [-0.2, -0.15) is 0 Å². The highest BCUT2D eigenvalue weighted by molar-refractivity contribution is 5.95. The lowest BCUT2D eigenvalue weighted by Crippen LogP contribution is -2.42. The number of carbonyl (C=O) groups is 2. The van der Waals surface area contributed by atoms with Crippen LogP contribution in [0, 0.1) is 6.92 Å². The standard InChI is InChI=1S/C26H29N3O3/c1-19-10-12-21(13-11-19)27-25(30)24(20-7-4-3-5-8-20)28-17-14-22(15-18-28)29-16-6-9-23(29)26(31)32-2/h3-13,16,22,24H,14-15,17-18H2,1-2H3,(H,27,30). The largest absolute Gasteiger partial charge is 0.464 e. The Morgan fingerprint density at radius 2 is 1.66 bits per heavy atom. The lowest BCUT2D eigenvalue weighted by atomic mass is 9.98. The first kappa shape index (κ1) is 21.8. The SMILES string of the molecule is COC(=O)c1cccn1C1CCN(C(C(=O)Nc2ccc(C)cc2)c2ccccc2)CC1. The summed E-state index contributed by atoms with van der Waals surface area (Å²) in [5, 5.41) is 3.09. The van der Waals surface area contributed by atoms with Crippen LogP contribution in [0.25, 0.3) is 0 Å². The summed E-state index contributed by atoms with van der Waals surface area (Å²) in [6.45, 7) is 3.54. The van der Waals surface area contributed by atoms with Gasteiger partial charge in [-0.1, -0.05) is 48.0 Å². The number of hydrogen-bond acceptors (Lipinski definition) is 4. The van der Waals surface area contributed by atoms with Gasteiger partial charge in [0.1, 0.15) is 11.7 Å². The minimum Gasteiger partial charge on any atom is -0.464 e. The highest BCUT2D eigenvalue weighted by atomic mass is 16.5. The van der Waals surface area contributed by atoms with E-state index in [1.54, 1.807) is 6.07 Å². The van der Waals surface area contributed by atoms with Gasteiger partial charge in [-0.15, -0.1) is 0 Å². The average molecular weight is 432 g/mol. The molecule has 0 bridgehead atoms. The van der Waals surface area contributed by atoms with Crippen molar-refractivity contribution in [2.45, 2.75) is 31.8 Å². The molecular weight excluding hydrogens is 402 g/mol. The molecule has 6 heteroatoms. The fraction of sp³-hybridized carbons (Fsp3) is 0.308. The molecule has 0 aliphatic carbocycles. The van der Waals surface area contributed by atoms with Gasteiger partial charge < -0.3 is 14.6 Å². The summed E-state index contributed by atoms with van der Waals surface area (Å²) in [5.74, 6) is -0.355. The van der Waals surface area contributed by atoms with Crippen LogP contribution in [0.5, 0.6) is 0 Å². The molecule has 0 saturated carbocycles. The normalized spacial score (nSPS) is 15.8. The number of anilines is 1. The maximum Gasteiger partial charge on any atom is 0.354 e. The molecule has 1 aliphatic heterocycles. The Morgan fingerprint density at radius 1 is 0.969 bits per heavy atom. The van der Waals surface area contributed by atoms with Crippen LogP contribution in [-0.2, 0) is 9.53 Å². The lowest BCUT2D eigenvalue weighted by Gasteiger charge is -2.37. The number of benzene rings is 2. The monoisotopic (exact) mass is 431 g/mol. The summed E-state index contributed by atoms with van der Waals surface area (Å²) in [6, 6.07) is 21.3. The van der Waals surface area contributed by atoms with Gasteiger partial charge in [-0.25, -0.2) is 4.79 Å². The van der Waals surface area contributed by atoms with E-state index in [1.165, 1.54) is 7.11 Å². The highest BCUT2D eigenvalue weighted by Crippen LogP contribution is 2.31. The predicted molar refractivity (Wildman–Crippen MR) is 125 cm³/mol. The molecule has 1 N–H and O–H groups in total. The summed E-state index contributed by atoms with van der Waals surface area (Å²) in [6.07, 6.45) is 3.63. The number of esters is 1. The minimum atomic E-state index is -0.372. The van der Waals surface area contributed by atoms with Crippen LogP contribution in [0.3, 0.4) is 0 Å². The van der Waals surface area contributed by atoms with Crippen LogP contribution in [0.15, 0.2) is 72.9 Å². The van der Waals surface area contributed by atoms with Crippen LogP contribution < -0.4 is 5.32 Å². The number of rotatable bonds is 6. The Morgan fingerprint density at radius 3 is 2.31 bits per heavy atom. The molecule has 1 fully saturated rings. The molecule has 1 aliphatic rings. The van der Waals surface area contributed by atoms with Crippen molar-refractivity contribution in [3.05, 3.63) is 89.7 Å². The van der Waals surface area contributed by atoms with Crippen LogP contribution >= 0.6 is 0 Å². The smallest absolute Gasteiger partial charge is 0.354 e. The van der Waals surface area contributed by atoms with Gasteiger partial charge in [0, 0.05) is 31.0 Å². The maximum absolute atomic E-state index is 13.4. The number of nitrogens with zero attached hydrogens (tertiary/aromatic N) is 2. The number of carbonyl (C=O) groups excluding carboxylic acids is 2. The number of aromatic nitrogens is 1. The third kappa shape index (κ3) is 4.75. The predicted octanol–water partition coefficient (Wildman–Crippen LogP) is 4.60. The number of methoxy groups -OCH3 is 1. The van der Waals surface area contributed by atoms with E-state index < -0.39 is 0 Å². The quantitative estimate of drug-likeness (QED) is 0.580. The fourth-order valence-electron chi connectivity index (χ4n) is 4.42. The Labute approximate surface area is 188 Å². The molecule has 6 nitrogen and oxygen atoms in total. The Balaban J connectivity index is 1.51. The van der Waals surface area contributed by atoms with Crippen molar-refractivity contribution < 1.29 is 14.3 Å². The number of likely N-dealkylation sites (tertiary alicyclic amines) is 1. The molecule has 166 valence electrons. The zero-order valence-corrected chi connectivity index (χ0v) is 18.5. The van der Waals surface area contributed by atoms with E-state index >= 15 is 0 Å². The third-order valence-corrected chi connectivity index (χ3v) is 6.11. The van der Waals surface area contributed by atoms with Gasteiger partial charge >= 0.3 is 5.97 Å². The van der Waals surface area contributed by atoms with Gasteiger partial charge in [-0.3, -0.25) is 9.69 Å². The van der Waals surface area contributed by atoms with E-state index in [0.717, 1.165) is 42.7 Å². The van der Waals surface area contributed by atoms with Gasteiger partial charge in [0.15, 0.2) is 0 Å². The molecule has 1 atom stereocenters. The molecule has 1 saturated heterocycles. The zero-order chi connectivity index (χ0) is 22.5. The van der Waals surface area contributed by atoms with Crippen molar-refractivity contribution in [2.75, 3.05) is 25.5 Å². The Bertz CT molecular complexity index is 1050. The van der Waals surface area contributed by atoms with Crippen molar-refractivity contribution in [2.24, 2.45) is 0 Å². The topological polar surface area (TPSA) is 63.6 Å². The van der Waals surface area contributed by atoms with Gasteiger partial charge in [-0.05, 0) is 49.6 Å².